The van der Waals surface area contributed by atoms with Gasteiger partial charge in [0, 0.05) is 12.6 Å². The molecule has 2 unspecified atom stereocenters. The molecule has 0 aliphatic heterocycles. The van der Waals surface area contributed by atoms with Gasteiger partial charge in [0.15, 0.2) is 0 Å². The Morgan fingerprint density at radius 2 is 2.13 bits per heavy atom. The van der Waals surface area contributed by atoms with E-state index in [-0.39, 0.29) is 6.09 Å². The minimum Gasteiger partial charge on any atom is -0.444 e. The van der Waals surface area contributed by atoms with E-state index in [9.17, 15) is 4.79 Å². The second kappa shape index (κ2) is 7.39. The van der Waals surface area contributed by atoms with Crippen LogP contribution in [0.5, 0.6) is 0 Å². The van der Waals surface area contributed by atoms with Crippen molar-refractivity contribution in [3.05, 3.63) is 23.0 Å². The fourth-order valence-corrected chi connectivity index (χ4v) is 3.07. The number of rotatable bonds is 4. The van der Waals surface area contributed by atoms with Gasteiger partial charge < -0.3 is 15.4 Å². The van der Waals surface area contributed by atoms with Crippen LogP contribution in [0.2, 0.25) is 5.15 Å². The summed E-state index contributed by atoms with van der Waals surface area (Å²) in [5.41, 5.74) is 1.43. The van der Waals surface area contributed by atoms with E-state index < -0.39 is 5.60 Å². The highest BCUT2D eigenvalue weighted by Gasteiger charge is 2.28. The summed E-state index contributed by atoms with van der Waals surface area (Å²) >= 11 is 5.90. The van der Waals surface area contributed by atoms with Crippen molar-refractivity contribution in [2.45, 2.75) is 58.6 Å². The first-order valence-corrected chi connectivity index (χ1v) is 8.49. The Hall–Kier alpha value is -1.49. The molecular weight excluding hydrogens is 314 g/mol. The SMILES string of the molecule is Cc1nc(Cl)ccc1NC1CCCC1CNC(=O)OC(C)(C)C. The first-order valence-electron chi connectivity index (χ1n) is 8.11. The molecule has 1 heterocycles. The molecule has 0 aromatic carbocycles. The number of pyridine rings is 1. The molecule has 128 valence electrons. The lowest BCUT2D eigenvalue weighted by Gasteiger charge is -2.24. The van der Waals surface area contributed by atoms with Crippen molar-refractivity contribution < 1.29 is 9.53 Å². The first-order chi connectivity index (χ1) is 10.7. The van der Waals surface area contributed by atoms with Gasteiger partial charge in [-0.25, -0.2) is 9.78 Å². The van der Waals surface area contributed by atoms with Crippen molar-refractivity contribution in [3.8, 4) is 0 Å². The smallest absolute Gasteiger partial charge is 0.407 e. The van der Waals surface area contributed by atoms with Crippen LogP contribution in [0.1, 0.15) is 45.7 Å². The van der Waals surface area contributed by atoms with E-state index in [1.807, 2.05) is 33.8 Å². The number of hydrogen-bond acceptors (Lipinski definition) is 4. The zero-order valence-electron chi connectivity index (χ0n) is 14.3. The predicted molar refractivity (Wildman–Crippen MR) is 93.0 cm³/mol. The van der Waals surface area contributed by atoms with Crippen molar-refractivity contribution in [2.24, 2.45) is 5.92 Å². The zero-order valence-corrected chi connectivity index (χ0v) is 15.0. The quantitative estimate of drug-likeness (QED) is 0.809. The van der Waals surface area contributed by atoms with Crippen LogP contribution in [0.25, 0.3) is 0 Å². The van der Waals surface area contributed by atoms with E-state index in [2.05, 4.69) is 15.6 Å². The Balaban J connectivity index is 1.89. The molecular formula is C17H26ClN3O2. The highest BCUT2D eigenvalue weighted by molar-refractivity contribution is 6.29. The maximum Gasteiger partial charge on any atom is 0.407 e. The third-order valence-corrected chi connectivity index (χ3v) is 4.17. The molecule has 1 aromatic heterocycles. The third-order valence-electron chi connectivity index (χ3n) is 3.96. The number of nitrogens with zero attached hydrogens (tertiary/aromatic N) is 1. The molecule has 1 saturated carbocycles. The molecule has 2 rings (SSSR count). The number of nitrogens with one attached hydrogen (secondary N) is 2. The summed E-state index contributed by atoms with van der Waals surface area (Å²) in [5.74, 6) is 0.387. The van der Waals surface area contributed by atoms with Gasteiger partial charge >= 0.3 is 6.09 Å². The van der Waals surface area contributed by atoms with Crippen molar-refractivity contribution in [1.82, 2.24) is 10.3 Å². The summed E-state index contributed by atoms with van der Waals surface area (Å²) in [7, 11) is 0. The van der Waals surface area contributed by atoms with Gasteiger partial charge in [0.1, 0.15) is 10.8 Å². The van der Waals surface area contributed by atoms with Crippen LogP contribution in [0, 0.1) is 12.8 Å². The lowest BCUT2D eigenvalue weighted by Crippen LogP contribution is -2.38. The number of aromatic nitrogens is 1. The van der Waals surface area contributed by atoms with Gasteiger partial charge in [-0.3, -0.25) is 0 Å². The molecule has 0 radical (unpaired) electrons. The maximum atomic E-state index is 11.8. The van der Waals surface area contributed by atoms with Crippen molar-refractivity contribution in [1.29, 1.82) is 0 Å². The van der Waals surface area contributed by atoms with E-state index >= 15 is 0 Å². The van der Waals surface area contributed by atoms with Gasteiger partial charge in [-0.2, -0.15) is 0 Å². The maximum absolute atomic E-state index is 11.8. The second-order valence-corrected chi connectivity index (χ2v) is 7.48. The van der Waals surface area contributed by atoms with Gasteiger partial charge in [-0.1, -0.05) is 18.0 Å². The van der Waals surface area contributed by atoms with E-state index in [0.717, 1.165) is 30.6 Å². The van der Waals surface area contributed by atoms with E-state index in [4.69, 9.17) is 16.3 Å². The molecule has 1 aliphatic carbocycles. The summed E-state index contributed by atoms with van der Waals surface area (Å²) in [6.45, 7) is 8.15. The van der Waals surface area contributed by atoms with Gasteiger partial charge in [-0.05, 0) is 58.6 Å². The molecule has 6 heteroatoms. The standard InChI is InChI=1S/C17H26ClN3O2/c1-11-13(8-9-15(18)20-11)21-14-7-5-6-12(14)10-19-16(22)23-17(2,3)4/h8-9,12,14,21H,5-7,10H2,1-4H3,(H,19,22). The lowest BCUT2D eigenvalue weighted by atomic mass is 10.0. The number of hydrogen-bond donors (Lipinski definition) is 2. The number of anilines is 1. The number of ether oxygens (including phenoxy) is 1. The molecule has 0 spiro atoms. The Kier molecular flexibility index (Phi) is 5.74. The second-order valence-electron chi connectivity index (χ2n) is 7.09. The largest absolute Gasteiger partial charge is 0.444 e. The number of carbonyl (C=O) groups is 1. The molecule has 0 saturated heterocycles. The minimum absolute atomic E-state index is 0.326. The summed E-state index contributed by atoms with van der Waals surface area (Å²) in [5, 5.41) is 6.93. The van der Waals surface area contributed by atoms with Crippen LogP contribution in [0.4, 0.5) is 10.5 Å². The van der Waals surface area contributed by atoms with Crippen molar-refractivity contribution in [2.75, 3.05) is 11.9 Å². The Labute approximate surface area is 143 Å². The summed E-state index contributed by atoms with van der Waals surface area (Å²) in [6, 6.07) is 4.08. The van der Waals surface area contributed by atoms with Gasteiger partial charge in [0.05, 0.1) is 11.4 Å². The molecule has 2 N–H and O–H groups in total. The summed E-state index contributed by atoms with van der Waals surface area (Å²) in [4.78, 5) is 16.1. The number of alkyl carbamates (subject to hydrolysis) is 1. The highest BCUT2D eigenvalue weighted by Crippen LogP contribution is 2.29. The predicted octanol–water partition coefficient (Wildman–Crippen LogP) is 4.15. The van der Waals surface area contributed by atoms with E-state index in [1.165, 1.54) is 0 Å². The number of halogens is 1. The van der Waals surface area contributed by atoms with E-state index in [1.54, 1.807) is 6.07 Å². The molecule has 2 atom stereocenters. The molecule has 1 aliphatic rings. The molecule has 1 aromatic rings. The van der Waals surface area contributed by atoms with Crippen LogP contribution in [-0.2, 0) is 4.74 Å². The average Bonchev–Trinajstić information content (AvgIpc) is 2.85. The topological polar surface area (TPSA) is 63.2 Å². The van der Waals surface area contributed by atoms with Gasteiger partial charge in [-0.15, -0.1) is 0 Å². The number of carbonyl (C=O) groups excluding carboxylic acids is 1. The average molecular weight is 340 g/mol. The lowest BCUT2D eigenvalue weighted by molar-refractivity contribution is 0.0519. The first kappa shape index (κ1) is 17.9. The van der Waals surface area contributed by atoms with Crippen molar-refractivity contribution in [3.63, 3.8) is 0 Å². The zero-order chi connectivity index (χ0) is 17.0. The van der Waals surface area contributed by atoms with Crippen LogP contribution < -0.4 is 10.6 Å². The molecule has 1 fully saturated rings. The Morgan fingerprint density at radius 3 is 2.78 bits per heavy atom. The fourth-order valence-electron chi connectivity index (χ4n) is 2.88. The van der Waals surface area contributed by atoms with Crippen LogP contribution in [-0.4, -0.2) is 29.3 Å². The monoisotopic (exact) mass is 339 g/mol. The van der Waals surface area contributed by atoms with Crippen LogP contribution in [0.3, 0.4) is 0 Å². The Bertz CT molecular complexity index is 557. The normalized spacial score (nSPS) is 21.1. The molecule has 5 nitrogen and oxygen atoms in total. The molecule has 0 bridgehead atoms. The number of amides is 1. The van der Waals surface area contributed by atoms with E-state index in [0.29, 0.717) is 23.7 Å². The third kappa shape index (κ3) is 5.57. The van der Waals surface area contributed by atoms with Gasteiger partial charge in [0.25, 0.3) is 0 Å². The Morgan fingerprint density at radius 1 is 1.39 bits per heavy atom. The summed E-state index contributed by atoms with van der Waals surface area (Å²) < 4.78 is 5.29. The highest BCUT2D eigenvalue weighted by atomic mass is 35.5. The molecule has 1 amide bonds. The molecule has 23 heavy (non-hydrogen) atoms. The van der Waals surface area contributed by atoms with Gasteiger partial charge in [0.2, 0.25) is 0 Å². The minimum atomic E-state index is -0.469. The van der Waals surface area contributed by atoms with Crippen LogP contribution >= 0.6 is 11.6 Å². The van der Waals surface area contributed by atoms with Crippen molar-refractivity contribution >= 4 is 23.4 Å². The number of aryl methyl sites for hydroxylation is 1. The fraction of sp³-hybridized carbons (Fsp3) is 0.647. The summed E-state index contributed by atoms with van der Waals surface area (Å²) in [6.07, 6.45) is 2.97. The van der Waals surface area contributed by atoms with Crippen LogP contribution in [0.15, 0.2) is 12.1 Å².